The van der Waals surface area contributed by atoms with Gasteiger partial charge in [-0.3, -0.25) is 0 Å². The van der Waals surface area contributed by atoms with Crippen molar-refractivity contribution in [2.45, 2.75) is 533 Å². The Morgan fingerprint density at radius 3 is 0.330 bits per heavy atom. The highest BCUT2D eigenvalue weighted by Crippen LogP contribution is 2.30. The van der Waals surface area contributed by atoms with Crippen molar-refractivity contribution in [3.8, 4) is 0 Å². The Labute approximate surface area is 558 Å². The summed E-state index contributed by atoms with van der Waals surface area (Å²) in [5.41, 5.74) is -0.407. The molecule has 0 aromatic rings. The fourth-order valence-electron chi connectivity index (χ4n) is 14.8. The van der Waals surface area contributed by atoms with Crippen molar-refractivity contribution in [1.29, 1.82) is 0 Å². The van der Waals surface area contributed by atoms with Crippen LogP contribution in [0.1, 0.15) is 527 Å². The van der Waals surface area contributed by atoms with E-state index in [0.29, 0.717) is 13.2 Å². The van der Waals surface area contributed by atoms with Gasteiger partial charge in [-0.2, -0.15) is 0 Å². The van der Waals surface area contributed by atoms with E-state index in [1.165, 1.54) is 488 Å². The van der Waals surface area contributed by atoms with E-state index in [1.54, 1.807) is 0 Å². The third kappa shape index (κ3) is 78.3. The second kappa shape index (κ2) is 81.1. The molecule has 0 saturated carbocycles. The van der Waals surface area contributed by atoms with Gasteiger partial charge in [0.05, 0.1) is 5.60 Å². The van der Waals surface area contributed by atoms with Crippen molar-refractivity contribution in [3.63, 3.8) is 0 Å². The van der Waals surface area contributed by atoms with Gasteiger partial charge in [-0.1, -0.05) is 495 Å². The molecule has 0 spiro atoms. The molecule has 0 aliphatic carbocycles. The molecule has 0 bridgehead atoms. The fourth-order valence-corrected chi connectivity index (χ4v) is 14.8. The fraction of sp³-hybridized carbons (Fsp3) is 1.00. The zero-order chi connectivity index (χ0) is 63.2. The average molecular weight is 1240 g/mol. The van der Waals surface area contributed by atoms with Crippen LogP contribution in [-0.2, 0) is 0 Å². The van der Waals surface area contributed by atoms with Gasteiger partial charge in [-0.25, -0.2) is 0 Å². The highest BCUT2D eigenvalue weighted by atomic mass is 16.3. The molecule has 0 aliphatic rings. The van der Waals surface area contributed by atoms with Gasteiger partial charge in [0, 0.05) is 13.2 Å². The molecule has 3 nitrogen and oxygen atoms in total. The molecule has 3 N–H and O–H groups in total. The first-order valence-corrected chi connectivity index (χ1v) is 42.6. The molecule has 530 valence electrons. The van der Waals surface area contributed by atoms with E-state index in [9.17, 15) is 5.11 Å². The molecule has 3 heteroatoms. The third-order valence-electron chi connectivity index (χ3n) is 21.1. The van der Waals surface area contributed by atoms with E-state index in [-0.39, 0.29) is 0 Å². The van der Waals surface area contributed by atoms with E-state index in [2.05, 4.69) is 6.92 Å². The lowest BCUT2D eigenvalue weighted by atomic mass is 9.85. The van der Waals surface area contributed by atoms with Crippen LogP contribution in [0.15, 0.2) is 0 Å². The molecule has 0 radical (unpaired) electrons. The predicted octanol–water partition coefficient (Wildman–Crippen LogP) is 30.3. The molecule has 0 aliphatic heterocycles. The van der Waals surface area contributed by atoms with Gasteiger partial charge in [0.2, 0.25) is 0 Å². The summed E-state index contributed by atoms with van der Waals surface area (Å²) in [6, 6.07) is 0. The van der Waals surface area contributed by atoms with E-state index in [1.807, 2.05) is 0 Å². The van der Waals surface area contributed by atoms with Gasteiger partial charge in [-0.05, 0) is 32.1 Å². The first kappa shape index (κ1) is 87.9. The van der Waals surface area contributed by atoms with Crippen molar-refractivity contribution >= 4 is 0 Å². The van der Waals surface area contributed by atoms with Gasteiger partial charge < -0.3 is 15.3 Å². The lowest BCUT2D eigenvalue weighted by molar-refractivity contribution is 0.00704. The second-order valence-electron chi connectivity index (χ2n) is 30.1. The molecule has 88 heavy (non-hydrogen) atoms. The Balaban J connectivity index is 4.09. The standard InChI is InChI=1S/C85H172O3/c1-2-3-4-5-6-7-8-9-10-11-12-13-14-15-16-20-25-30-35-40-45-50-55-60-65-70-75-80-85(88,82-77-72-67-62-57-52-47-42-37-32-27-22-19-24-29-34-39-44-49-54-59-64-69-74-79-84-87)81-76-71-66-61-56-51-46-41-36-31-26-21-17-18-23-28-33-38-43-48-53-58-63-68-73-78-83-86/h86-88H,2-84H2,1H3. The number of aliphatic hydroxyl groups is 3. The number of unbranched alkanes of at least 4 members (excludes halogenated alkanes) is 75. The Morgan fingerprint density at radius 2 is 0.227 bits per heavy atom. The van der Waals surface area contributed by atoms with E-state index in [0.717, 1.165) is 32.1 Å². The van der Waals surface area contributed by atoms with E-state index in [4.69, 9.17) is 10.2 Å². The van der Waals surface area contributed by atoms with Crippen molar-refractivity contribution in [2.24, 2.45) is 0 Å². The van der Waals surface area contributed by atoms with E-state index >= 15 is 0 Å². The molecule has 0 fully saturated rings. The average Bonchev–Trinajstić information content (AvgIpc) is 3.56. The SMILES string of the molecule is CCCCCCCCCCCCCCCCCCCCCCCCCCCCCC(O)(CCCCCCCCCCCCCCCCCCCCCCCCCCCO)CCCCCCCCCCCCCCCCCCCCCCCCCCCCO. The van der Waals surface area contributed by atoms with Crippen LogP contribution < -0.4 is 0 Å². The smallest absolute Gasteiger partial charge is 0.0647 e. The quantitative estimate of drug-likeness (QED) is 0.0532. The lowest BCUT2D eigenvalue weighted by Crippen LogP contribution is -2.28. The van der Waals surface area contributed by atoms with Crippen LogP contribution >= 0.6 is 0 Å². The number of hydrogen-bond donors (Lipinski definition) is 3. The number of rotatable bonds is 83. The highest BCUT2D eigenvalue weighted by Gasteiger charge is 2.25. The molecule has 0 rings (SSSR count). The van der Waals surface area contributed by atoms with Crippen molar-refractivity contribution in [1.82, 2.24) is 0 Å². The summed E-state index contributed by atoms with van der Waals surface area (Å²) in [7, 11) is 0. The Bertz CT molecular complexity index is 1110. The molecule has 0 aromatic heterocycles. The first-order chi connectivity index (χ1) is 43.7. The first-order valence-electron chi connectivity index (χ1n) is 42.6. The monoisotopic (exact) mass is 1240 g/mol. The maximum Gasteiger partial charge on any atom is 0.0647 e. The summed E-state index contributed by atoms with van der Waals surface area (Å²) in [4.78, 5) is 0. The van der Waals surface area contributed by atoms with Crippen LogP contribution in [-0.4, -0.2) is 34.1 Å². The molecular formula is C85H172O3. The summed E-state index contributed by atoms with van der Waals surface area (Å²) < 4.78 is 0. The Kier molecular flexibility index (Phi) is 81.0. The van der Waals surface area contributed by atoms with Gasteiger partial charge in [0.25, 0.3) is 0 Å². The summed E-state index contributed by atoms with van der Waals surface area (Å²) in [6.07, 6.45) is 113. The van der Waals surface area contributed by atoms with Crippen molar-refractivity contribution in [2.75, 3.05) is 13.2 Å². The maximum atomic E-state index is 12.1. The minimum Gasteiger partial charge on any atom is -0.396 e. The van der Waals surface area contributed by atoms with Crippen LogP contribution in [0.3, 0.4) is 0 Å². The number of hydrogen-bond acceptors (Lipinski definition) is 3. The third-order valence-corrected chi connectivity index (χ3v) is 21.1. The topological polar surface area (TPSA) is 60.7 Å². The summed E-state index contributed by atoms with van der Waals surface area (Å²) in [6.45, 7) is 3.05. The summed E-state index contributed by atoms with van der Waals surface area (Å²) in [5, 5.41) is 29.9. The van der Waals surface area contributed by atoms with Crippen molar-refractivity contribution < 1.29 is 15.3 Å². The molecule has 0 saturated heterocycles. The van der Waals surface area contributed by atoms with Crippen LogP contribution in [0, 0.1) is 0 Å². The maximum absolute atomic E-state index is 12.1. The van der Waals surface area contributed by atoms with Crippen LogP contribution in [0.5, 0.6) is 0 Å². The molecular weight excluding hydrogens is 1070 g/mol. The van der Waals surface area contributed by atoms with Gasteiger partial charge in [0.15, 0.2) is 0 Å². The molecule has 0 aromatic carbocycles. The minimum absolute atomic E-state index is 0.368. The summed E-state index contributed by atoms with van der Waals surface area (Å²) in [5.74, 6) is 0. The minimum atomic E-state index is -0.407. The summed E-state index contributed by atoms with van der Waals surface area (Å²) >= 11 is 0. The molecule has 1 unspecified atom stereocenters. The normalized spacial score (nSPS) is 12.5. The molecule has 1 atom stereocenters. The van der Waals surface area contributed by atoms with Crippen molar-refractivity contribution in [3.05, 3.63) is 0 Å². The zero-order valence-electron chi connectivity index (χ0n) is 61.5. The Hall–Kier alpha value is -0.120. The van der Waals surface area contributed by atoms with Gasteiger partial charge in [0.1, 0.15) is 0 Å². The largest absolute Gasteiger partial charge is 0.396 e. The predicted molar refractivity (Wildman–Crippen MR) is 399 cm³/mol. The lowest BCUT2D eigenvalue weighted by Gasteiger charge is -2.29. The van der Waals surface area contributed by atoms with Crippen LogP contribution in [0.4, 0.5) is 0 Å². The highest BCUT2D eigenvalue weighted by molar-refractivity contribution is 4.79. The van der Waals surface area contributed by atoms with Gasteiger partial charge in [-0.15, -0.1) is 0 Å². The zero-order valence-corrected chi connectivity index (χ0v) is 61.5. The number of aliphatic hydroxyl groups excluding tert-OH is 2. The van der Waals surface area contributed by atoms with E-state index < -0.39 is 5.60 Å². The molecule has 0 heterocycles. The van der Waals surface area contributed by atoms with Gasteiger partial charge >= 0.3 is 0 Å². The second-order valence-corrected chi connectivity index (χ2v) is 30.1. The Morgan fingerprint density at radius 1 is 0.136 bits per heavy atom. The van der Waals surface area contributed by atoms with Crippen LogP contribution in [0.2, 0.25) is 0 Å². The molecule has 0 amide bonds. The van der Waals surface area contributed by atoms with Crippen LogP contribution in [0.25, 0.3) is 0 Å².